The van der Waals surface area contributed by atoms with Crippen LogP contribution in [0.5, 0.6) is 0 Å². The molecule has 0 fully saturated rings. The van der Waals surface area contributed by atoms with Crippen LogP contribution in [0.2, 0.25) is 5.02 Å². The van der Waals surface area contributed by atoms with Crippen LogP contribution in [-0.4, -0.2) is 6.54 Å². The molecule has 1 heterocycles. The topological polar surface area (TPSA) is 12.0 Å². The number of thiophene rings is 1. The highest BCUT2D eigenvalue weighted by Gasteiger charge is 2.18. The number of rotatable bonds is 5. The Labute approximate surface area is 143 Å². The van der Waals surface area contributed by atoms with Crippen molar-refractivity contribution in [2.45, 2.75) is 19.4 Å². The molecule has 0 aliphatic rings. The van der Waals surface area contributed by atoms with Gasteiger partial charge in [0.1, 0.15) is 5.82 Å². The summed E-state index contributed by atoms with van der Waals surface area (Å²) in [6, 6.07) is 6.96. The second kappa shape index (κ2) is 7.36. The standard InChI is InChI=1S/C14H13Br2ClFNS/c1-2-5-19-13(12-7-9(15)14(16)20-12)8-3-4-11(18)10(17)6-8/h3-4,6-7,13,19H,2,5H2,1H3. The molecule has 20 heavy (non-hydrogen) atoms. The van der Waals surface area contributed by atoms with Gasteiger partial charge in [0.05, 0.1) is 14.9 Å². The monoisotopic (exact) mass is 439 g/mol. The molecule has 108 valence electrons. The van der Waals surface area contributed by atoms with E-state index in [-0.39, 0.29) is 11.1 Å². The van der Waals surface area contributed by atoms with E-state index in [1.165, 1.54) is 6.07 Å². The van der Waals surface area contributed by atoms with Gasteiger partial charge < -0.3 is 5.32 Å². The second-order valence-electron chi connectivity index (χ2n) is 4.33. The second-order valence-corrected chi connectivity index (χ2v) is 7.99. The third-order valence-corrected chi connectivity index (χ3v) is 6.43. The van der Waals surface area contributed by atoms with Gasteiger partial charge in [-0.15, -0.1) is 11.3 Å². The summed E-state index contributed by atoms with van der Waals surface area (Å²) in [5.41, 5.74) is 0.964. The van der Waals surface area contributed by atoms with E-state index in [1.807, 2.05) is 0 Å². The predicted molar refractivity (Wildman–Crippen MR) is 91.3 cm³/mol. The highest BCUT2D eigenvalue weighted by atomic mass is 79.9. The number of nitrogens with one attached hydrogen (secondary N) is 1. The molecule has 0 aliphatic carbocycles. The molecule has 0 amide bonds. The molecule has 0 saturated heterocycles. The zero-order chi connectivity index (χ0) is 14.7. The summed E-state index contributed by atoms with van der Waals surface area (Å²) in [4.78, 5) is 1.15. The molecule has 0 aliphatic heterocycles. The minimum atomic E-state index is -0.391. The van der Waals surface area contributed by atoms with Crippen molar-refractivity contribution in [1.82, 2.24) is 5.32 Å². The zero-order valence-corrected chi connectivity index (χ0v) is 15.5. The molecule has 1 N–H and O–H groups in total. The lowest BCUT2D eigenvalue weighted by Crippen LogP contribution is -2.22. The van der Waals surface area contributed by atoms with E-state index in [0.717, 1.165) is 31.7 Å². The van der Waals surface area contributed by atoms with Crippen molar-refractivity contribution in [3.63, 3.8) is 0 Å². The zero-order valence-electron chi connectivity index (χ0n) is 10.7. The highest BCUT2D eigenvalue weighted by molar-refractivity contribution is 9.13. The van der Waals surface area contributed by atoms with E-state index >= 15 is 0 Å². The lowest BCUT2D eigenvalue weighted by molar-refractivity contribution is 0.599. The quantitative estimate of drug-likeness (QED) is 0.586. The first-order valence-electron chi connectivity index (χ1n) is 6.16. The van der Waals surface area contributed by atoms with Crippen LogP contribution >= 0.6 is 54.8 Å². The van der Waals surface area contributed by atoms with E-state index in [1.54, 1.807) is 23.5 Å². The fraction of sp³-hybridized carbons (Fsp3) is 0.286. The molecule has 2 rings (SSSR count). The van der Waals surface area contributed by atoms with Crippen LogP contribution in [0.25, 0.3) is 0 Å². The Morgan fingerprint density at radius 2 is 2.10 bits per heavy atom. The number of halogens is 4. The number of benzene rings is 1. The van der Waals surface area contributed by atoms with E-state index in [9.17, 15) is 4.39 Å². The first kappa shape index (κ1) is 16.4. The van der Waals surface area contributed by atoms with E-state index in [0.29, 0.717) is 0 Å². The smallest absolute Gasteiger partial charge is 0.141 e. The molecule has 0 radical (unpaired) electrons. The van der Waals surface area contributed by atoms with Gasteiger partial charge in [-0.2, -0.15) is 0 Å². The molecule has 6 heteroatoms. The Morgan fingerprint density at radius 1 is 1.35 bits per heavy atom. The fourth-order valence-corrected chi connectivity index (χ4v) is 4.25. The van der Waals surface area contributed by atoms with Crippen molar-refractivity contribution >= 4 is 54.8 Å². The lowest BCUT2D eigenvalue weighted by Gasteiger charge is -2.18. The van der Waals surface area contributed by atoms with Gasteiger partial charge in [0.25, 0.3) is 0 Å². The van der Waals surface area contributed by atoms with Gasteiger partial charge in [0.15, 0.2) is 0 Å². The minimum Gasteiger partial charge on any atom is -0.306 e. The van der Waals surface area contributed by atoms with Crippen LogP contribution in [0.15, 0.2) is 32.5 Å². The van der Waals surface area contributed by atoms with Crippen LogP contribution in [0, 0.1) is 5.82 Å². The Bertz CT molecular complexity index is 583. The Hall–Kier alpha value is 0.0600. The third kappa shape index (κ3) is 3.83. The van der Waals surface area contributed by atoms with Crippen molar-refractivity contribution < 1.29 is 4.39 Å². The number of hydrogen-bond donors (Lipinski definition) is 1. The van der Waals surface area contributed by atoms with Crippen molar-refractivity contribution in [1.29, 1.82) is 0 Å². The van der Waals surface area contributed by atoms with E-state index in [2.05, 4.69) is 50.2 Å². The van der Waals surface area contributed by atoms with Crippen LogP contribution in [0.4, 0.5) is 4.39 Å². The molecule has 0 saturated carbocycles. The van der Waals surface area contributed by atoms with Gasteiger partial charge in [0.2, 0.25) is 0 Å². The summed E-state index contributed by atoms with van der Waals surface area (Å²) >= 11 is 14.6. The molecular formula is C14H13Br2ClFNS. The highest BCUT2D eigenvalue weighted by Crippen LogP contribution is 2.38. The molecule has 1 aromatic heterocycles. The van der Waals surface area contributed by atoms with Crippen molar-refractivity contribution in [3.8, 4) is 0 Å². The van der Waals surface area contributed by atoms with Gasteiger partial charge in [-0.25, -0.2) is 4.39 Å². The van der Waals surface area contributed by atoms with Gasteiger partial charge >= 0.3 is 0 Å². The molecule has 2 aromatic rings. The number of hydrogen-bond acceptors (Lipinski definition) is 2. The largest absolute Gasteiger partial charge is 0.306 e. The average Bonchev–Trinajstić information content (AvgIpc) is 2.74. The first-order chi connectivity index (χ1) is 9.52. The molecule has 1 unspecified atom stereocenters. The maximum atomic E-state index is 13.3. The molecule has 0 spiro atoms. The van der Waals surface area contributed by atoms with Crippen LogP contribution in [0.3, 0.4) is 0 Å². The van der Waals surface area contributed by atoms with Gasteiger partial charge in [-0.05, 0) is 68.6 Å². The molecule has 1 atom stereocenters. The molecular weight excluding hydrogens is 428 g/mol. The Kier molecular flexibility index (Phi) is 6.05. The summed E-state index contributed by atoms with van der Waals surface area (Å²) in [6.07, 6.45) is 1.03. The average molecular weight is 442 g/mol. The summed E-state index contributed by atoms with van der Waals surface area (Å²) in [5.74, 6) is -0.391. The molecule has 1 nitrogen and oxygen atoms in total. The van der Waals surface area contributed by atoms with E-state index < -0.39 is 5.82 Å². The minimum absolute atomic E-state index is 0.0145. The van der Waals surface area contributed by atoms with Crippen molar-refractivity contribution in [2.24, 2.45) is 0 Å². The summed E-state index contributed by atoms with van der Waals surface area (Å²) in [7, 11) is 0. The maximum absolute atomic E-state index is 13.3. The van der Waals surface area contributed by atoms with Crippen LogP contribution in [-0.2, 0) is 0 Å². The molecule has 0 bridgehead atoms. The van der Waals surface area contributed by atoms with E-state index in [4.69, 9.17) is 11.6 Å². The molecule has 1 aromatic carbocycles. The lowest BCUT2D eigenvalue weighted by atomic mass is 10.1. The Morgan fingerprint density at radius 3 is 2.65 bits per heavy atom. The summed E-state index contributed by atoms with van der Waals surface area (Å²) in [5, 5.41) is 3.63. The fourth-order valence-electron chi connectivity index (χ4n) is 1.87. The third-order valence-electron chi connectivity index (χ3n) is 2.82. The Balaban J connectivity index is 2.38. The maximum Gasteiger partial charge on any atom is 0.141 e. The van der Waals surface area contributed by atoms with Crippen LogP contribution < -0.4 is 5.32 Å². The van der Waals surface area contributed by atoms with Crippen LogP contribution in [0.1, 0.15) is 29.8 Å². The van der Waals surface area contributed by atoms with Gasteiger partial charge in [-0.3, -0.25) is 0 Å². The SMILES string of the molecule is CCCNC(c1ccc(F)c(Cl)c1)c1cc(Br)c(Br)s1. The van der Waals surface area contributed by atoms with Crippen molar-refractivity contribution in [2.75, 3.05) is 6.54 Å². The summed E-state index contributed by atoms with van der Waals surface area (Å²) in [6.45, 7) is 2.99. The first-order valence-corrected chi connectivity index (χ1v) is 8.94. The van der Waals surface area contributed by atoms with Crippen molar-refractivity contribution in [3.05, 3.63) is 53.8 Å². The normalized spacial score (nSPS) is 12.7. The summed E-state index contributed by atoms with van der Waals surface area (Å²) < 4.78 is 15.4. The predicted octanol–water partition coefficient (Wildman–Crippen LogP) is 6.15. The van der Waals surface area contributed by atoms with Gasteiger partial charge in [0, 0.05) is 9.35 Å². The van der Waals surface area contributed by atoms with Gasteiger partial charge in [-0.1, -0.05) is 24.6 Å².